The monoisotopic (exact) mass is 246 g/mol. The van der Waals surface area contributed by atoms with Crippen molar-refractivity contribution in [3.8, 4) is 0 Å². The lowest BCUT2D eigenvalue weighted by Gasteiger charge is -1.92. The third-order valence-electron chi connectivity index (χ3n) is 2.50. The molecule has 2 N–H and O–H groups in total. The Balaban J connectivity index is 0.000000771. The lowest BCUT2D eigenvalue weighted by molar-refractivity contribution is 0.512. The third-order valence-corrected chi connectivity index (χ3v) is 2.50. The van der Waals surface area contributed by atoms with Gasteiger partial charge in [0.25, 0.3) is 0 Å². The zero-order valence-electron chi connectivity index (χ0n) is 11.4. The molecule has 3 nitrogen and oxygen atoms in total. The molecule has 0 spiro atoms. The van der Waals surface area contributed by atoms with Crippen molar-refractivity contribution in [3.63, 3.8) is 0 Å². The van der Waals surface area contributed by atoms with E-state index in [2.05, 4.69) is 17.1 Å². The third kappa shape index (κ3) is 3.70. The number of rotatable bonds is 3. The average Bonchev–Trinajstić information content (AvgIpc) is 2.61. The molecule has 0 amide bonds. The fraction of sp³-hybridized carbons (Fsp3) is 0.400. The summed E-state index contributed by atoms with van der Waals surface area (Å²) in [6.45, 7) is 6.53. The molecule has 98 valence electrons. The Labute approximate surface area is 109 Å². The molecular formula is C15H22N2O. The van der Waals surface area contributed by atoms with Gasteiger partial charge in [0, 0.05) is 12.0 Å². The first-order valence-corrected chi connectivity index (χ1v) is 6.51. The number of hydrogen-bond donors (Lipinski definition) is 1. The molecule has 1 aromatic rings. The van der Waals surface area contributed by atoms with Crippen molar-refractivity contribution in [2.24, 2.45) is 5.73 Å². The van der Waals surface area contributed by atoms with E-state index in [4.69, 9.17) is 10.2 Å². The number of oxazole rings is 1. The molecule has 0 bridgehead atoms. The van der Waals surface area contributed by atoms with Crippen LogP contribution in [0.15, 0.2) is 34.8 Å². The molecule has 18 heavy (non-hydrogen) atoms. The molecule has 1 heterocycles. The molecule has 1 aliphatic carbocycles. The Bertz CT molecular complexity index is 453. The molecule has 0 unspecified atom stereocenters. The zero-order valence-corrected chi connectivity index (χ0v) is 11.4. The Morgan fingerprint density at radius 2 is 2.11 bits per heavy atom. The molecule has 0 aromatic carbocycles. The first-order valence-electron chi connectivity index (χ1n) is 6.51. The highest BCUT2D eigenvalue weighted by Gasteiger charge is 2.11. The van der Waals surface area contributed by atoms with E-state index in [9.17, 15) is 0 Å². The van der Waals surface area contributed by atoms with Crippen molar-refractivity contribution in [3.05, 3.63) is 47.7 Å². The molecule has 0 fully saturated rings. The van der Waals surface area contributed by atoms with Gasteiger partial charge >= 0.3 is 0 Å². The van der Waals surface area contributed by atoms with Gasteiger partial charge in [-0.15, -0.1) is 0 Å². The standard InChI is InChI=1S/C13H16N2O.C2H6/c1-10-12(8-9-14)15-13(16-10)11-6-4-2-3-5-7-11;1-2/h2,4-7H,3,8-9,14H2,1H3;1-2H3. The molecule has 0 radical (unpaired) electrons. The van der Waals surface area contributed by atoms with Crippen LogP contribution in [0.25, 0.3) is 5.57 Å². The topological polar surface area (TPSA) is 52.0 Å². The van der Waals surface area contributed by atoms with Gasteiger partial charge in [-0.25, -0.2) is 4.98 Å². The van der Waals surface area contributed by atoms with Crippen LogP contribution in [0.1, 0.15) is 37.6 Å². The van der Waals surface area contributed by atoms with Crippen molar-refractivity contribution in [1.82, 2.24) is 4.98 Å². The maximum Gasteiger partial charge on any atom is 0.226 e. The van der Waals surface area contributed by atoms with Gasteiger partial charge in [0.05, 0.1) is 5.69 Å². The van der Waals surface area contributed by atoms with Crippen molar-refractivity contribution in [2.45, 2.75) is 33.6 Å². The number of nitrogens with zero attached hydrogens (tertiary/aromatic N) is 1. The van der Waals surface area contributed by atoms with E-state index < -0.39 is 0 Å². The van der Waals surface area contributed by atoms with E-state index in [-0.39, 0.29) is 0 Å². The molecule has 1 aromatic heterocycles. The van der Waals surface area contributed by atoms with Crippen LogP contribution in [-0.4, -0.2) is 11.5 Å². The smallest absolute Gasteiger partial charge is 0.226 e. The van der Waals surface area contributed by atoms with Gasteiger partial charge < -0.3 is 10.2 Å². The molecular weight excluding hydrogens is 224 g/mol. The maximum atomic E-state index is 5.64. The fourth-order valence-corrected chi connectivity index (χ4v) is 1.64. The first-order chi connectivity index (χ1) is 8.81. The lowest BCUT2D eigenvalue weighted by Crippen LogP contribution is -2.03. The van der Waals surface area contributed by atoms with E-state index in [1.54, 1.807) is 0 Å². The predicted octanol–water partition coefficient (Wildman–Crippen LogP) is 3.41. The highest BCUT2D eigenvalue weighted by molar-refractivity contribution is 5.70. The van der Waals surface area contributed by atoms with Gasteiger partial charge in [-0.3, -0.25) is 0 Å². The summed E-state index contributed by atoms with van der Waals surface area (Å²) in [7, 11) is 0. The summed E-state index contributed by atoms with van der Waals surface area (Å²) in [6.07, 6.45) is 12.0. The highest BCUT2D eigenvalue weighted by atomic mass is 16.4. The second-order valence-corrected chi connectivity index (χ2v) is 3.75. The van der Waals surface area contributed by atoms with Crippen LogP contribution in [0.2, 0.25) is 0 Å². The zero-order chi connectivity index (χ0) is 13.4. The summed E-state index contributed by atoms with van der Waals surface area (Å²) >= 11 is 0. The number of nitrogens with two attached hydrogens (primary N) is 1. The van der Waals surface area contributed by atoms with E-state index in [0.29, 0.717) is 12.4 Å². The molecule has 0 aliphatic heterocycles. The largest absolute Gasteiger partial charge is 0.441 e. The minimum Gasteiger partial charge on any atom is -0.441 e. The van der Waals surface area contributed by atoms with Crippen molar-refractivity contribution >= 4 is 5.57 Å². The normalized spacial score (nSPS) is 13.7. The Morgan fingerprint density at radius 1 is 1.33 bits per heavy atom. The van der Waals surface area contributed by atoms with E-state index in [1.165, 1.54) is 0 Å². The van der Waals surface area contributed by atoms with Gasteiger partial charge in [-0.05, 0) is 26.0 Å². The first kappa shape index (κ1) is 14.5. The second-order valence-electron chi connectivity index (χ2n) is 3.75. The average molecular weight is 246 g/mol. The predicted molar refractivity (Wildman–Crippen MR) is 76.2 cm³/mol. The molecule has 3 heteroatoms. The van der Waals surface area contributed by atoms with E-state index in [0.717, 1.165) is 29.9 Å². The van der Waals surface area contributed by atoms with E-state index in [1.807, 2.05) is 39.0 Å². The number of aromatic nitrogens is 1. The molecule has 1 aliphatic rings. The number of aryl methyl sites for hydroxylation is 1. The summed E-state index contributed by atoms with van der Waals surface area (Å²) in [5.74, 6) is 1.55. The Kier molecular flexibility index (Phi) is 6.15. The lowest BCUT2D eigenvalue weighted by atomic mass is 10.2. The van der Waals surface area contributed by atoms with Crippen LogP contribution in [0, 0.1) is 6.92 Å². The van der Waals surface area contributed by atoms with Crippen LogP contribution in [0.5, 0.6) is 0 Å². The van der Waals surface area contributed by atoms with Crippen LogP contribution < -0.4 is 5.73 Å². The van der Waals surface area contributed by atoms with Gasteiger partial charge in [-0.1, -0.05) is 38.2 Å². The minimum atomic E-state index is 0.599. The Hall–Kier alpha value is -1.61. The van der Waals surface area contributed by atoms with Gasteiger partial charge in [0.2, 0.25) is 5.89 Å². The van der Waals surface area contributed by atoms with Gasteiger partial charge in [0.15, 0.2) is 0 Å². The van der Waals surface area contributed by atoms with Crippen LogP contribution >= 0.6 is 0 Å². The van der Waals surface area contributed by atoms with Gasteiger partial charge in [-0.2, -0.15) is 0 Å². The summed E-state index contributed by atoms with van der Waals surface area (Å²) in [5.41, 5.74) is 7.49. The van der Waals surface area contributed by atoms with Crippen LogP contribution in [0.4, 0.5) is 0 Å². The van der Waals surface area contributed by atoms with Crippen LogP contribution in [0.3, 0.4) is 0 Å². The number of hydrogen-bond acceptors (Lipinski definition) is 3. The van der Waals surface area contributed by atoms with E-state index >= 15 is 0 Å². The molecule has 2 rings (SSSR count). The minimum absolute atomic E-state index is 0.599. The van der Waals surface area contributed by atoms with Gasteiger partial charge in [0.1, 0.15) is 5.76 Å². The molecule has 0 saturated carbocycles. The summed E-state index contributed by atoms with van der Waals surface area (Å²) in [6, 6.07) is 0. The van der Waals surface area contributed by atoms with Crippen molar-refractivity contribution in [1.29, 1.82) is 0 Å². The van der Waals surface area contributed by atoms with Crippen molar-refractivity contribution < 1.29 is 4.42 Å². The maximum absolute atomic E-state index is 5.64. The van der Waals surface area contributed by atoms with Crippen LogP contribution in [-0.2, 0) is 6.42 Å². The summed E-state index contributed by atoms with van der Waals surface area (Å²) in [4.78, 5) is 4.46. The molecule has 0 atom stereocenters. The van der Waals surface area contributed by atoms with Crippen molar-refractivity contribution in [2.75, 3.05) is 6.54 Å². The number of allylic oxidation sites excluding steroid dienone is 6. The highest BCUT2D eigenvalue weighted by Crippen LogP contribution is 2.20. The quantitative estimate of drug-likeness (QED) is 0.889. The summed E-state index contributed by atoms with van der Waals surface area (Å²) < 4.78 is 5.64. The molecule has 0 saturated heterocycles. The SMILES string of the molecule is CC.Cc1oc(C2=CC=CCC=C2)nc1CCN. The second kappa shape index (κ2) is 7.67. The Morgan fingerprint density at radius 3 is 2.83 bits per heavy atom. The fourth-order valence-electron chi connectivity index (χ4n) is 1.64. The summed E-state index contributed by atoms with van der Waals surface area (Å²) in [5, 5.41) is 0.